The number of aromatic nitrogens is 1. The molecule has 0 radical (unpaired) electrons. The monoisotopic (exact) mass is 424 g/mol. The van der Waals surface area contributed by atoms with Gasteiger partial charge in [-0.25, -0.2) is 0 Å². The number of rotatable bonds is 5. The van der Waals surface area contributed by atoms with E-state index in [1.165, 1.54) is 0 Å². The summed E-state index contributed by atoms with van der Waals surface area (Å²) in [5.74, 6) is -0.393. The number of benzene rings is 1. The van der Waals surface area contributed by atoms with Crippen molar-refractivity contribution in [1.29, 1.82) is 0 Å². The molecule has 1 aliphatic carbocycles. The second-order valence-corrected chi connectivity index (χ2v) is 6.76. The Labute approximate surface area is 177 Å². The van der Waals surface area contributed by atoms with Crippen molar-refractivity contribution in [2.75, 3.05) is 5.32 Å². The third kappa shape index (κ3) is 6.19. The molecule has 0 aliphatic heterocycles. The molecule has 1 aromatic carbocycles. The van der Waals surface area contributed by atoms with Gasteiger partial charge in [0.15, 0.2) is 0 Å². The van der Waals surface area contributed by atoms with E-state index in [1.54, 1.807) is 30.5 Å². The zero-order valence-corrected chi connectivity index (χ0v) is 17.2. The van der Waals surface area contributed by atoms with Crippen molar-refractivity contribution in [3.05, 3.63) is 59.9 Å². The molecule has 2 aromatic rings. The minimum atomic E-state index is -0.810. The summed E-state index contributed by atoms with van der Waals surface area (Å²) in [6.07, 6.45) is 6.15. The van der Waals surface area contributed by atoms with Crippen molar-refractivity contribution in [2.45, 2.75) is 44.2 Å². The maximum atomic E-state index is 12.5. The molecule has 2 amide bonds. The average Bonchev–Trinajstić information content (AvgIpc) is 2.67. The summed E-state index contributed by atoms with van der Waals surface area (Å²) in [5.41, 5.74) is 7.30. The maximum absolute atomic E-state index is 12.5. The first-order chi connectivity index (χ1) is 12.6. The molecule has 3 rings (SSSR count). The summed E-state index contributed by atoms with van der Waals surface area (Å²) in [5, 5.41) is 5.69. The predicted molar refractivity (Wildman–Crippen MR) is 115 cm³/mol. The van der Waals surface area contributed by atoms with E-state index in [2.05, 4.69) is 15.6 Å². The van der Waals surface area contributed by atoms with Gasteiger partial charge in [-0.1, -0.05) is 31.4 Å². The smallest absolute Gasteiger partial charge is 0.251 e. The molecule has 0 spiro atoms. The number of anilines is 1. The fourth-order valence-electron chi connectivity index (χ4n) is 3.18. The normalized spacial score (nSPS) is 14.8. The van der Waals surface area contributed by atoms with Crippen LogP contribution in [-0.4, -0.2) is 22.3 Å². The Morgan fingerprint density at radius 3 is 2.46 bits per heavy atom. The number of hydrogen-bond donors (Lipinski definition) is 3. The van der Waals surface area contributed by atoms with Crippen LogP contribution >= 0.6 is 24.8 Å². The lowest BCUT2D eigenvalue weighted by molar-refractivity contribution is -0.122. The lowest BCUT2D eigenvalue weighted by atomic mass is 9.82. The van der Waals surface area contributed by atoms with Crippen molar-refractivity contribution in [3.8, 4) is 0 Å². The van der Waals surface area contributed by atoms with E-state index >= 15 is 0 Å². The summed E-state index contributed by atoms with van der Waals surface area (Å²) >= 11 is 0. The average molecular weight is 425 g/mol. The second-order valence-electron chi connectivity index (χ2n) is 6.76. The molecule has 0 bridgehead atoms. The molecule has 0 saturated heterocycles. The number of pyridine rings is 1. The van der Waals surface area contributed by atoms with Crippen LogP contribution in [0.4, 0.5) is 5.69 Å². The van der Waals surface area contributed by atoms with E-state index in [9.17, 15) is 9.59 Å². The molecular formula is C20H26Cl2N4O2. The quantitative estimate of drug-likeness (QED) is 0.684. The third-order valence-electron chi connectivity index (χ3n) is 4.74. The molecule has 0 unspecified atom stereocenters. The predicted octanol–water partition coefficient (Wildman–Crippen LogP) is 3.46. The maximum Gasteiger partial charge on any atom is 0.251 e. The third-order valence-corrected chi connectivity index (χ3v) is 4.74. The highest BCUT2D eigenvalue weighted by Gasteiger charge is 2.35. The van der Waals surface area contributed by atoms with Gasteiger partial charge in [0.1, 0.15) is 0 Å². The Morgan fingerprint density at radius 1 is 1.04 bits per heavy atom. The van der Waals surface area contributed by atoms with Gasteiger partial charge in [-0.05, 0) is 43.2 Å². The minimum absolute atomic E-state index is 0. The summed E-state index contributed by atoms with van der Waals surface area (Å²) < 4.78 is 0. The Balaban J connectivity index is 0.00000196. The van der Waals surface area contributed by atoms with E-state index in [0.29, 0.717) is 30.6 Å². The molecule has 1 fully saturated rings. The van der Waals surface area contributed by atoms with Crippen LogP contribution in [0.2, 0.25) is 0 Å². The fourth-order valence-corrected chi connectivity index (χ4v) is 3.18. The van der Waals surface area contributed by atoms with Crippen molar-refractivity contribution in [2.24, 2.45) is 5.73 Å². The van der Waals surface area contributed by atoms with Crippen LogP contribution in [0.5, 0.6) is 0 Å². The number of carbonyl (C=O) groups is 2. The first-order valence-corrected chi connectivity index (χ1v) is 8.95. The van der Waals surface area contributed by atoms with Gasteiger partial charge in [0.05, 0.1) is 17.8 Å². The summed E-state index contributed by atoms with van der Waals surface area (Å²) in [6, 6.07) is 12.4. The Bertz CT molecular complexity index is 781. The fraction of sp³-hybridized carbons (Fsp3) is 0.350. The minimum Gasteiger partial charge on any atom is -0.346 e. The van der Waals surface area contributed by atoms with Gasteiger partial charge >= 0.3 is 0 Å². The largest absolute Gasteiger partial charge is 0.346 e. The molecule has 6 nitrogen and oxygen atoms in total. The summed E-state index contributed by atoms with van der Waals surface area (Å²) in [6.45, 7) is 0.349. The van der Waals surface area contributed by atoms with Gasteiger partial charge in [-0.15, -0.1) is 24.8 Å². The molecule has 152 valence electrons. The Kier molecular flexibility index (Phi) is 9.38. The van der Waals surface area contributed by atoms with Gasteiger partial charge in [0.25, 0.3) is 5.91 Å². The number of nitrogens with one attached hydrogen (secondary N) is 2. The van der Waals surface area contributed by atoms with Crippen molar-refractivity contribution < 1.29 is 9.59 Å². The number of amides is 2. The lowest BCUT2D eigenvalue weighted by Gasteiger charge is -2.31. The van der Waals surface area contributed by atoms with Crippen LogP contribution in [0.15, 0.2) is 48.7 Å². The molecule has 28 heavy (non-hydrogen) atoms. The number of nitrogens with two attached hydrogens (primary N) is 1. The first-order valence-electron chi connectivity index (χ1n) is 8.95. The van der Waals surface area contributed by atoms with Crippen LogP contribution in [0.25, 0.3) is 0 Å². The molecule has 1 heterocycles. The van der Waals surface area contributed by atoms with Gasteiger partial charge in [-0.2, -0.15) is 0 Å². The van der Waals surface area contributed by atoms with Gasteiger partial charge in [0, 0.05) is 17.4 Å². The molecule has 4 N–H and O–H groups in total. The number of nitrogens with zero attached hydrogens (tertiary/aromatic N) is 1. The van der Waals surface area contributed by atoms with Crippen molar-refractivity contribution >= 4 is 42.3 Å². The van der Waals surface area contributed by atoms with Crippen LogP contribution in [-0.2, 0) is 11.3 Å². The number of halogens is 2. The summed E-state index contributed by atoms with van der Waals surface area (Å²) in [7, 11) is 0. The number of hydrogen-bond acceptors (Lipinski definition) is 4. The highest BCUT2D eigenvalue weighted by molar-refractivity contribution is 6.00. The number of carbonyl (C=O) groups excluding carboxylic acids is 2. The lowest BCUT2D eigenvalue weighted by Crippen LogP contribution is -2.52. The Morgan fingerprint density at radius 2 is 1.79 bits per heavy atom. The van der Waals surface area contributed by atoms with Crippen LogP contribution in [0.3, 0.4) is 0 Å². The van der Waals surface area contributed by atoms with Crippen molar-refractivity contribution in [1.82, 2.24) is 10.3 Å². The van der Waals surface area contributed by atoms with Crippen LogP contribution < -0.4 is 16.4 Å². The van der Waals surface area contributed by atoms with Gasteiger partial charge in [0.2, 0.25) is 5.91 Å². The van der Waals surface area contributed by atoms with Crippen LogP contribution in [0, 0.1) is 0 Å². The van der Waals surface area contributed by atoms with E-state index in [1.807, 2.05) is 18.2 Å². The van der Waals surface area contributed by atoms with E-state index < -0.39 is 5.54 Å². The molecular weight excluding hydrogens is 399 g/mol. The van der Waals surface area contributed by atoms with E-state index in [-0.39, 0.29) is 36.6 Å². The van der Waals surface area contributed by atoms with Gasteiger partial charge in [-0.3, -0.25) is 14.6 Å². The first kappa shape index (κ1) is 23.9. The van der Waals surface area contributed by atoms with E-state index in [4.69, 9.17) is 5.73 Å². The SMILES string of the molecule is Cl.Cl.NC1(C(=O)Nc2cccc(C(=O)NCc3ccccn3)c2)CCCCC1. The highest BCUT2D eigenvalue weighted by Crippen LogP contribution is 2.27. The topological polar surface area (TPSA) is 97.1 Å². The molecule has 1 saturated carbocycles. The summed E-state index contributed by atoms with van der Waals surface area (Å²) in [4.78, 5) is 29.1. The highest BCUT2D eigenvalue weighted by atomic mass is 35.5. The molecule has 8 heteroatoms. The molecule has 1 aliphatic rings. The molecule has 0 atom stereocenters. The van der Waals surface area contributed by atoms with Crippen molar-refractivity contribution in [3.63, 3.8) is 0 Å². The Hall–Kier alpha value is -2.15. The van der Waals surface area contributed by atoms with Crippen LogP contribution in [0.1, 0.15) is 48.2 Å². The van der Waals surface area contributed by atoms with E-state index in [0.717, 1.165) is 25.0 Å². The second kappa shape index (κ2) is 11.0. The molecule has 1 aromatic heterocycles. The standard InChI is InChI=1S/C20H24N4O2.2ClH/c21-20(10-3-1-4-11-20)19(26)24-16-9-6-7-15(13-16)18(25)23-14-17-8-2-5-12-22-17;;/h2,5-9,12-13H,1,3-4,10-11,14,21H2,(H,23,25)(H,24,26);2*1H. The zero-order chi connectivity index (χ0) is 18.4. The van der Waals surface area contributed by atoms with Gasteiger partial charge < -0.3 is 16.4 Å². The zero-order valence-electron chi connectivity index (χ0n) is 15.5.